The molecule has 0 aromatic heterocycles. The maximum absolute atomic E-state index is 12.0. The number of carbonyl (C=O) groups is 1. The lowest BCUT2D eigenvalue weighted by molar-refractivity contribution is 0.247. The molecule has 28 heavy (non-hydrogen) atoms. The van der Waals surface area contributed by atoms with Crippen molar-refractivity contribution in [2.75, 3.05) is 49.6 Å². The summed E-state index contributed by atoms with van der Waals surface area (Å²) in [6.45, 7) is 6.41. The molecule has 6 heteroatoms. The van der Waals surface area contributed by atoms with E-state index in [-0.39, 0.29) is 6.03 Å². The smallest absolute Gasteiger partial charge is 0.319 e. The standard InChI is InChI=1S/C22H29N3O2S/c1-18-2-8-21(9-3-18)27-15-11-23-22(26)24-20-6-4-19(5-7-20)10-12-25-13-16-28-17-14-25/h2-9H,10-17H2,1H3,(H2,23,24,26). The Hall–Kier alpha value is -2.18. The van der Waals surface area contributed by atoms with Gasteiger partial charge < -0.3 is 20.3 Å². The second-order valence-corrected chi connectivity index (χ2v) is 8.17. The molecule has 0 aliphatic carbocycles. The number of rotatable bonds is 8. The number of hydrogen-bond donors (Lipinski definition) is 2. The molecular weight excluding hydrogens is 370 g/mol. The number of benzene rings is 2. The highest BCUT2D eigenvalue weighted by Crippen LogP contribution is 2.13. The quantitative estimate of drug-likeness (QED) is 0.663. The van der Waals surface area contributed by atoms with Crippen molar-refractivity contribution in [2.45, 2.75) is 13.3 Å². The van der Waals surface area contributed by atoms with E-state index < -0.39 is 0 Å². The predicted octanol–water partition coefficient (Wildman–Crippen LogP) is 3.79. The summed E-state index contributed by atoms with van der Waals surface area (Å²) in [5, 5.41) is 5.67. The van der Waals surface area contributed by atoms with Crippen LogP contribution in [0.4, 0.5) is 10.5 Å². The fourth-order valence-corrected chi connectivity index (χ4v) is 3.99. The van der Waals surface area contributed by atoms with Crippen molar-refractivity contribution in [1.82, 2.24) is 10.2 Å². The third-order valence-electron chi connectivity index (χ3n) is 4.71. The minimum absolute atomic E-state index is 0.217. The van der Waals surface area contributed by atoms with Gasteiger partial charge in [0.15, 0.2) is 0 Å². The number of urea groups is 1. The Kier molecular flexibility index (Phi) is 8.06. The van der Waals surface area contributed by atoms with Gasteiger partial charge in [-0.25, -0.2) is 4.79 Å². The normalized spacial score (nSPS) is 14.5. The summed E-state index contributed by atoms with van der Waals surface area (Å²) in [5.74, 6) is 3.30. The zero-order valence-corrected chi connectivity index (χ0v) is 17.3. The average molecular weight is 400 g/mol. The Balaban J connectivity index is 1.32. The summed E-state index contributed by atoms with van der Waals surface area (Å²) in [6, 6.07) is 15.8. The molecule has 1 saturated heterocycles. The van der Waals surface area contributed by atoms with Crippen LogP contribution < -0.4 is 15.4 Å². The maximum Gasteiger partial charge on any atom is 0.319 e. The highest BCUT2D eigenvalue weighted by molar-refractivity contribution is 7.99. The average Bonchev–Trinajstić information content (AvgIpc) is 2.73. The molecule has 2 amide bonds. The zero-order valence-electron chi connectivity index (χ0n) is 16.4. The van der Waals surface area contributed by atoms with E-state index in [0.29, 0.717) is 13.2 Å². The van der Waals surface area contributed by atoms with Crippen LogP contribution in [0.15, 0.2) is 48.5 Å². The van der Waals surface area contributed by atoms with Gasteiger partial charge in [-0.2, -0.15) is 11.8 Å². The molecule has 0 radical (unpaired) electrons. The van der Waals surface area contributed by atoms with Crippen molar-refractivity contribution in [2.24, 2.45) is 0 Å². The third kappa shape index (κ3) is 7.09. The van der Waals surface area contributed by atoms with Crippen molar-refractivity contribution >= 4 is 23.5 Å². The van der Waals surface area contributed by atoms with Gasteiger partial charge in [0.2, 0.25) is 0 Å². The van der Waals surface area contributed by atoms with Crippen LogP contribution in [0.2, 0.25) is 0 Å². The molecule has 0 saturated carbocycles. The number of nitrogens with zero attached hydrogens (tertiary/aromatic N) is 1. The molecular formula is C22H29N3O2S. The first-order chi connectivity index (χ1) is 13.7. The molecule has 0 spiro atoms. The molecule has 0 bridgehead atoms. The van der Waals surface area contributed by atoms with E-state index in [1.165, 1.54) is 35.7 Å². The minimum Gasteiger partial charge on any atom is -0.492 e. The summed E-state index contributed by atoms with van der Waals surface area (Å²) < 4.78 is 5.61. The van der Waals surface area contributed by atoms with Gasteiger partial charge in [-0.1, -0.05) is 29.8 Å². The van der Waals surface area contributed by atoms with E-state index in [0.717, 1.165) is 24.4 Å². The fraction of sp³-hybridized carbons (Fsp3) is 0.409. The van der Waals surface area contributed by atoms with Crippen molar-refractivity contribution in [3.05, 3.63) is 59.7 Å². The van der Waals surface area contributed by atoms with Gasteiger partial charge in [-0.05, 0) is 43.2 Å². The first kappa shape index (κ1) is 20.6. The van der Waals surface area contributed by atoms with Crippen molar-refractivity contribution < 1.29 is 9.53 Å². The summed E-state index contributed by atoms with van der Waals surface area (Å²) in [6.07, 6.45) is 1.05. The van der Waals surface area contributed by atoms with Crippen LogP contribution in [0.25, 0.3) is 0 Å². The Morgan fingerprint density at radius 1 is 1.07 bits per heavy atom. The molecule has 1 heterocycles. The lowest BCUT2D eigenvalue weighted by atomic mass is 10.1. The van der Waals surface area contributed by atoms with Gasteiger partial charge >= 0.3 is 6.03 Å². The topological polar surface area (TPSA) is 53.6 Å². The Bertz CT molecular complexity index is 728. The molecule has 2 aromatic rings. The monoisotopic (exact) mass is 399 g/mol. The van der Waals surface area contributed by atoms with Crippen LogP contribution in [0.3, 0.4) is 0 Å². The van der Waals surface area contributed by atoms with Gasteiger partial charge in [-0.15, -0.1) is 0 Å². The Labute approximate surface area is 171 Å². The molecule has 5 nitrogen and oxygen atoms in total. The van der Waals surface area contributed by atoms with Gasteiger partial charge in [0.25, 0.3) is 0 Å². The van der Waals surface area contributed by atoms with Crippen LogP contribution in [-0.4, -0.2) is 55.2 Å². The van der Waals surface area contributed by atoms with Gasteiger partial charge in [-0.3, -0.25) is 0 Å². The largest absolute Gasteiger partial charge is 0.492 e. The van der Waals surface area contributed by atoms with Crippen molar-refractivity contribution in [3.63, 3.8) is 0 Å². The van der Waals surface area contributed by atoms with Crippen molar-refractivity contribution in [1.29, 1.82) is 0 Å². The van der Waals surface area contributed by atoms with Crippen LogP contribution in [-0.2, 0) is 6.42 Å². The number of nitrogens with one attached hydrogen (secondary N) is 2. The van der Waals surface area contributed by atoms with E-state index in [2.05, 4.69) is 27.7 Å². The highest BCUT2D eigenvalue weighted by Gasteiger charge is 2.10. The summed E-state index contributed by atoms with van der Waals surface area (Å²) in [4.78, 5) is 14.5. The molecule has 0 unspecified atom stereocenters. The first-order valence-corrected chi connectivity index (χ1v) is 11.0. The van der Waals surface area contributed by atoms with Crippen LogP contribution >= 0.6 is 11.8 Å². The third-order valence-corrected chi connectivity index (χ3v) is 5.65. The number of hydrogen-bond acceptors (Lipinski definition) is 4. The molecule has 0 atom stereocenters. The number of thioether (sulfide) groups is 1. The molecule has 1 aliphatic rings. The van der Waals surface area contributed by atoms with Gasteiger partial charge in [0.1, 0.15) is 12.4 Å². The highest BCUT2D eigenvalue weighted by atomic mass is 32.2. The minimum atomic E-state index is -0.217. The van der Waals surface area contributed by atoms with Crippen LogP contribution in [0, 0.1) is 6.92 Å². The van der Waals surface area contributed by atoms with E-state index in [1.807, 2.05) is 55.1 Å². The van der Waals surface area contributed by atoms with Crippen LogP contribution in [0.5, 0.6) is 5.75 Å². The van der Waals surface area contributed by atoms with Gasteiger partial charge in [0, 0.05) is 36.8 Å². The number of anilines is 1. The van der Waals surface area contributed by atoms with Crippen molar-refractivity contribution in [3.8, 4) is 5.75 Å². The number of aryl methyl sites for hydroxylation is 1. The van der Waals surface area contributed by atoms with E-state index >= 15 is 0 Å². The second kappa shape index (κ2) is 11.0. The number of carbonyl (C=O) groups excluding carboxylic acids is 1. The summed E-state index contributed by atoms with van der Waals surface area (Å²) >= 11 is 2.04. The molecule has 150 valence electrons. The predicted molar refractivity (Wildman–Crippen MR) is 118 cm³/mol. The lowest BCUT2D eigenvalue weighted by Crippen LogP contribution is -2.34. The molecule has 3 rings (SSSR count). The Morgan fingerprint density at radius 3 is 2.50 bits per heavy atom. The summed E-state index contributed by atoms with van der Waals surface area (Å²) in [5.41, 5.74) is 3.30. The molecule has 1 fully saturated rings. The zero-order chi connectivity index (χ0) is 19.6. The van der Waals surface area contributed by atoms with Gasteiger partial charge in [0.05, 0.1) is 6.54 Å². The first-order valence-electron chi connectivity index (χ1n) is 9.82. The Morgan fingerprint density at radius 2 is 1.79 bits per heavy atom. The van der Waals surface area contributed by atoms with E-state index in [4.69, 9.17) is 4.74 Å². The number of amides is 2. The SMILES string of the molecule is Cc1ccc(OCCNC(=O)Nc2ccc(CCN3CCSCC3)cc2)cc1. The lowest BCUT2D eigenvalue weighted by Gasteiger charge is -2.26. The summed E-state index contributed by atoms with van der Waals surface area (Å²) in [7, 11) is 0. The fourth-order valence-electron chi connectivity index (χ4n) is 3.01. The second-order valence-electron chi connectivity index (χ2n) is 6.94. The molecule has 1 aliphatic heterocycles. The molecule has 2 N–H and O–H groups in total. The maximum atomic E-state index is 12.0. The van der Waals surface area contributed by atoms with E-state index in [1.54, 1.807) is 0 Å². The van der Waals surface area contributed by atoms with E-state index in [9.17, 15) is 4.79 Å². The molecule has 2 aromatic carbocycles. The van der Waals surface area contributed by atoms with Crippen LogP contribution in [0.1, 0.15) is 11.1 Å². The number of ether oxygens (including phenoxy) is 1.